The number of carbonyl (C=O) groups excluding carboxylic acids is 1. The zero-order valence-electron chi connectivity index (χ0n) is 8.88. The van der Waals surface area contributed by atoms with Gasteiger partial charge in [-0.25, -0.2) is 5.06 Å². The van der Waals surface area contributed by atoms with Crippen LogP contribution in [-0.4, -0.2) is 30.1 Å². The molecule has 2 unspecified atom stereocenters. The molecule has 0 bridgehead atoms. The van der Waals surface area contributed by atoms with Crippen molar-refractivity contribution in [2.45, 2.75) is 12.3 Å². The average Bonchev–Trinajstić information content (AvgIpc) is 3.08. The molecule has 1 saturated carbocycles. The summed E-state index contributed by atoms with van der Waals surface area (Å²) in [6.07, 6.45) is 4.43. The molecule has 1 aromatic rings. The van der Waals surface area contributed by atoms with Crippen molar-refractivity contribution in [1.82, 2.24) is 10.0 Å². The highest BCUT2D eigenvalue weighted by molar-refractivity contribution is 5.81. The van der Waals surface area contributed by atoms with Crippen LogP contribution < -0.4 is 0 Å². The van der Waals surface area contributed by atoms with Gasteiger partial charge in [-0.3, -0.25) is 14.6 Å². The predicted octanol–water partition coefficient (Wildman–Crippen LogP) is 1.20. The molecule has 0 radical (unpaired) electrons. The lowest BCUT2D eigenvalue weighted by atomic mass is 10.1. The quantitative estimate of drug-likeness (QED) is 0.698. The van der Waals surface area contributed by atoms with E-state index in [4.69, 9.17) is 4.84 Å². The van der Waals surface area contributed by atoms with Crippen molar-refractivity contribution in [3.05, 3.63) is 30.1 Å². The van der Waals surface area contributed by atoms with E-state index in [0.29, 0.717) is 5.92 Å². The minimum absolute atomic E-state index is 0.0549. The Labute approximate surface area is 88.8 Å². The minimum Gasteiger partial charge on any atom is -0.275 e. The predicted molar refractivity (Wildman–Crippen MR) is 54.9 cm³/mol. The summed E-state index contributed by atoms with van der Waals surface area (Å²) < 4.78 is 0. The van der Waals surface area contributed by atoms with Crippen molar-refractivity contribution >= 4 is 5.91 Å². The number of nitrogens with zero attached hydrogens (tertiary/aromatic N) is 2. The van der Waals surface area contributed by atoms with Crippen LogP contribution in [0.15, 0.2) is 24.5 Å². The molecule has 4 nitrogen and oxygen atoms in total. The largest absolute Gasteiger partial charge is 0.275 e. The van der Waals surface area contributed by atoms with Gasteiger partial charge in [0.05, 0.1) is 7.11 Å². The molecule has 2 rings (SSSR count). The topological polar surface area (TPSA) is 42.4 Å². The monoisotopic (exact) mass is 206 g/mol. The van der Waals surface area contributed by atoms with E-state index in [2.05, 4.69) is 4.98 Å². The Bertz CT molecular complexity index is 353. The van der Waals surface area contributed by atoms with Gasteiger partial charge in [0.25, 0.3) is 0 Å². The van der Waals surface area contributed by atoms with E-state index < -0.39 is 0 Å². The molecule has 1 amide bonds. The second-order valence-electron chi connectivity index (χ2n) is 3.75. The molecule has 0 N–H and O–H groups in total. The first kappa shape index (κ1) is 10.1. The first-order valence-electron chi connectivity index (χ1n) is 4.95. The Kier molecular flexibility index (Phi) is 2.68. The average molecular weight is 206 g/mol. The van der Waals surface area contributed by atoms with Crippen LogP contribution in [0.5, 0.6) is 0 Å². The van der Waals surface area contributed by atoms with Crippen LogP contribution in [0.1, 0.15) is 17.9 Å². The first-order valence-corrected chi connectivity index (χ1v) is 4.95. The van der Waals surface area contributed by atoms with E-state index in [1.165, 1.54) is 17.7 Å². The van der Waals surface area contributed by atoms with Crippen LogP contribution in [0.2, 0.25) is 0 Å². The maximum absolute atomic E-state index is 11.7. The second kappa shape index (κ2) is 3.98. The summed E-state index contributed by atoms with van der Waals surface area (Å²) >= 11 is 0. The van der Waals surface area contributed by atoms with E-state index >= 15 is 0 Å². The number of carbonyl (C=O) groups is 1. The standard InChI is InChI=1S/C11H14N2O2/c1-13(15-2)11(14)10-7-9(10)8-3-5-12-6-4-8/h3-6,9-10H,7H2,1-2H3. The van der Waals surface area contributed by atoms with Gasteiger partial charge in [-0.15, -0.1) is 0 Å². The number of hydrogen-bond acceptors (Lipinski definition) is 3. The number of hydrogen-bond donors (Lipinski definition) is 0. The lowest BCUT2D eigenvalue weighted by molar-refractivity contribution is -0.170. The zero-order chi connectivity index (χ0) is 10.8. The fourth-order valence-corrected chi connectivity index (χ4v) is 1.77. The van der Waals surface area contributed by atoms with Crippen LogP contribution in [0.3, 0.4) is 0 Å². The molecular weight excluding hydrogens is 192 g/mol. The molecule has 0 aliphatic heterocycles. The van der Waals surface area contributed by atoms with Gasteiger partial charge >= 0.3 is 0 Å². The molecule has 1 aliphatic rings. The number of rotatable bonds is 3. The van der Waals surface area contributed by atoms with Crippen molar-refractivity contribution in [2.75, 3.05) is 14.2 Å². The third-order valence-electron chi connectivity index (χ3n) is 2.83. The SMILES string of the molecule is CON(C)C(=O)C1CC1c1ccncc1. The molecule has 0 aromatic carbocycles. The summed E-state index contributed by atoms with van der Waals surface area (Å²) in [5, 5.41) is 1.30. The lowest BCUT2D eigenvalue weighted by Gasteiger charge is -2.13. The molecule has 1 aliphatic carbocycles. The Morgan fingerprint density at radius 2 is 2.20 bits per heavy atom. The Morgan fingerprint density at radius 3 is 2.80 bits per heavy atom. The molecule has 1 aromatic heterocycles. The van der Waals surface area contributed by atoms with Gasteiger partial charge in [-0.1, -0.05) is 0 Å². The van der Waals surface area contributed by atoms with E-state index in [-0.39, 0.29) is 11.8 Å². The van der Waals surface area contributed by atoms with Crippen LogP contribution >= 0.6 is 0 Å². The fraction of sp³-hybridized carbons (Fsp3) is 0.455. The van der Waals surface area contributed by atoms with E-state index in [9.17, 15) is 4.79 Å². The van der Waals surface area contributed by atoms with E-state index in [1.807, 2.05) is 12.1 Å². The summed E-state index contributed by atoms with van der Waals surface area (Å²) in [7, 11) is 3.14. The summed E-state index contributed by atoms with van der Waals surface area (Å²) in [6.45, 7) is 0. The van der Waals surface area contributed by atoms with Crippen molar-refractivity contribution in [3.63, 3.8) is 0 Å². The van der Waals surface area contributed by atoms with Crippen LogP contribution in [-0.2, 0) is 9.63 Å². The summed E-state index contributed by atoms with van der Waals surface area (Å²) in [5.41, 5.74) is 1.19. The maximum atomic E-state index is 11.7. The number of hydroxylamine groups is 2. The van der Waals surface area contributed by atoms with Gasteiger partial charge in [0.2, 0.25) is 5.91 Å². The van der Waals surface area contributed by atoms with Crippen LogP contribution in [0, 0.1) is 5.92 Å². The molecule has 0 spiro atoms. The molecule has 1 fully saturated rings. The fourth-order valence-electron chi connectivity index (χ4n) is 1.77. The molecule has 2 atom stereocenters. The minimum atomic E-state index is 0.0549. The van der Waals surface area contributed by atoms with Crippen molar-refractivity contribution in [2.24, 2.45) is 5.92 Å². The first-order chi connectivity index (χ1) is 7.24. The third-order valence-corrected chi connectivity index (χ3v) is 2.83. The summed E-state index contributed by atoms with van der Waals surface area (Å²) in [5.74, 6) is 0.481. The van der Waals surface area contributed by atoms with Crippen molar-refractivity contribution < 1.29 is 9.63 Å². The normalized spacial score (nSPS) is 23.6. The van der Waals surface area contributed by atoms with Gasteiger partial charge < -0.3 is 0 Å². The number of aromatic nitrogens is 1. The van der Waals surface area contributed by atoms with Crippen LogP contribution in [0.25, 0.3) is 0 Å². The number of pyridine rings is 1. The third kappa shape index (κ3) is 1.99. The summed E-state index contributed by atoms with van der Waals surface area (Å²) in [4.78, 5) is 20.5. The van der Waals surface area contributed by atoms with Crippen LogP contribution in [0.4, 0.5) is 0 Å². The van der Waals surface area contributed by atoms with Gasteiger partial charge in [-0.05, 0) is 30.0 Å². The Morgan fingerprint density at radius 1 is 1.53 bits per heavy atom. The van der Waals surface area contributed by atoms with E-state index in [1.54, 1.807) is 19.4 Å². The smallest absolute Gasteiger partial charge is 0.249 e. The highest BCUT2D eigenvalue weighted by atomic mass is 16.7. The Balaban J connectivity index is 2.00. The van der Waals surface area contributed by atoms with Crippen molar-refractivity contribution in [3.8, 4) is 0 Å². The molecule has 4 heteroatoms. The summed E-state index contributed by atoms with van der Waals surface area (Å²) in [6, 6.07) is 3.93. The Hall–Kier alpha value is -1.42. The van der Waals surface area contributed by atoms with E-state index in [0.717, 1.165) is 6.42 Å². The zero-order valence-corrected chi connectivity index (χ0v) is 8.88. The molecular formula is C11H14N2O2. The van der Waals surface area contributed by atoms with Gasteiger partial charge in [0.15, 0.2) is 0 Å². The molecule has 80 valence electrons. The van der Waals surface area contributed by atoms with Gasteiger partial charge in [0, 0.05) is 25.4 Å². The number of amides is 1. The molecule has 0 saturated heterocycles. The second-order valence-corrected chi connectivity index (χ2v) is 3.75. The highest BCUT2D eigenvalue weighted by Crippen LogP contribution is 2.48. The maximum Gasteiger partial charge on any atom is 0.249 e. The van der Waals surface area contributed by atoms with Crippen molar-refractivity contribution in [1.29, 1.82) is 0 Å². The van der Waals surface area contributed by atoms with Gasteiger partial charge in [0.1, 0.15) is 0 Å². The lowest BCUT2D eigenvalue weighted by Crippen LogP contribution is -2.27. The van der Waals surface area contributed by atoms with Gasteiger partial charge in [-0.2, -0.15) is 0 Å². The molecule has 1 heterocycles. The molecule has 15 heavy (non-hydrogen) atoms. The highest BCUT2D eigenvalue weighted by Gasteiger charge is 2.45.